The van der Waals surface area contributed by atoms with Gasteiger partial charge in [0, 0.05) is 36.3 Å². The molecule has 2 heterocycles. The number of hydrogen-bond acceptors (Lipinski definition) is 3. The summed E-state index contributed by atoms with van der Waals surface area (Å²) in [6.45, 7) is 0.403. The molecule has 0 bridgehead atoms. The van der Waals surface area contributed by atoms with Crippen LogP contribution in [-0.4, -0.2) is 24.9 Å². The molecular formula is C17H15FN2O2. The summed E-state index contributed by atoms with van der Waals surface area (Å²) < 4.78 is 19.0. The van der Waals surface area contributed by atoms with E-state index in [1.807, 2.05) is 24.5 Å². The molecule has 0 radical (unpaired) electrons. The van der Waals surface area contributed by atoms with Gasteiger partial charge in [0.15, 0.2) is 6.29 Å². The molecule has 1 aliphatic rings. The first-order valence-corrected chi connectivity index (χ1v) is 6.86. The van der Waals surface area contributed by atoms with Crippen molar-refractivity contribution >= 4 is 23.1 Å². The molecule has 0 saturated heterocycles. The molecule has 0 aliphatic carbocycles. The minimum Gasteiger partial charge on any atom is -0.488 e. The summed E-state index contributed by atoms with van der Waals surface area (Å²) in [6.07, 6.45) is 6.28. The summed E-state index contributed by atoms with van der Waals surface area (Å²) in [6, 6.07) is 6.19. The van der Waals surface area contributed by atoms with Gasteiger partial charge in [0.2, 0.25) is 0 Å². The van der Waals surface area contributed by atoms with Gasteiger partial charge in [0.25, 0.3) is 0 Å². The molecule has 1 aromatic heterocycles. The highest BCUT2D eigenvalue weighted by molar-refractivity contribution is 6.11. The van der Waals surface area contributed by atoms with Gasteiger partial charge < -0.3 is 15.0 Å². The van der Waals surface area contributed by atoms with Crippen molar-refractivity contribution in [2.45, 2.75) is 0 Å². The second kappa shape index (κ2) is 5.89. The smallest absolute Gasteiger partial charge is 0.154 e. The summed E-state index contributed by atoms with van der Waals surface area (Å²) >= 11 is 0. The highest BCUT2D eigenvalue weighted by Crippen LogP contribution is 2.32. The standard InChI is InChI=1S/C17H15FN2O2/c1-19-16-7-13(18)2-3-14(16)15(9-21)17-6-12(10-22-17)11-4-5-20-8-11/h2-9,19-20H,10H2,1H3/b17-15-. The number of H-pyrrole nitrogens is 1. The third kappa shape index (κ3) is 2.53. The van der Waals surface area contributed by atoms with Crippen LogP contribution < -0.4 is 5.32 Å². The van der Waals surface area contributed by atoms with Crippen LogP contribution in [0.5, 0.6) is 0 Å². The third-order valence-electron chi connectivity index (χ3n) is 3.58. The zero-order valence-corrected chi connectivity index (χ0v) is 12.0. The van der Waals surface area contributed by atoms with E-state index in [9.17, 15) is 9.18 Å². The minimum absolute atomic E-state index is 0.362. The molecule has 3 rings (SSSR count). The molecule has 4 nitrogen and oxygen atoms in total. The average molecular weight is 298 g/mol. The normalized spacial score (nSPS) is 16.0. The number of anilines is 1. The Kier molecular flexibility index (Phi) is 3.78. The van der Waals surface area contributed by atoms with Crippen molar-refractivity contribution in [3.05, 3.63) is 65.4 Å². The van der Waals surface area contributed by atoms with E-state index in [0.29, 0.717) is 29.2 Å². The molecule has 2 aromatic rings. The molecule has 0 amide bonds. The van der Waals surface area contributed by atoms with Gasteiger partial charge in [-0.2, -0.15) is 0 Å². The number of carbonyl (C=O) groups excluding carboxylic acids is 1. The molecule has 0 spiro atoms. The minimum atomic E-state index is -0.362. The molecule has 0 unspecified atom stereocenters. The summed E-state index contributed by atoms with van der Waals surface area (Å²) in [5, 5.41) is 2.90. The Morgan fingerprint density at radius 3 is 2.95 bits per heavy atom. The van der Waals surface area contributed by atoms with Crippen molar-refractivity contribution in [2.24, 2.45) is 0 Å². The number of benzene rings is 1. The van der Waals surface area contributed by atoms with Crippen LogP contribution >= 0.6 is 0 Å². The van der Waals surface area contributed by atoms with Gasteiger partial charge in [-0.25, -0.2) is 4.39 Å². The number of hydrogen-bond donors (Lipinski definition) is 2. The van der Waals surface area contributed by atoms with Crippen LogP contribution in [0.4, 0.5) is 10.1 Å². The van der Waals surface area contributed by atoms with Crippen LogP contribution in [0, 0.1) is 5.82 Å². The summed E-state index contributed by atoms with van der Waals surface area (Å²) in [5.41, 5.74) is 3.56. The maximum atomic E-state index is 13.3. The van der Waals surface area contributed by atoms with Crippen molar-refractivity contribution in [3.63, 3.8) is 0 Å². The van der Waals surface area contributed by atoms with Crippen LogP contribution in [0.1, 0.15) is 11.1 Å². The first-order chi connectivity index (χ1) is 10.7. The number of rotatable bonds is 4. The lowest BCUT2D eigenvalue weighted by Gasteiger charge is -2.10. The quantitative estimate of drug-likeness (QED) is 0.673. The Hall–Kier alpha value is -2.82. The molecule has 0 fully saturated rings. The Labute approximate surface area is 127 Å². The number of carbonyl (C=O) groups is 1. The maximum absolute atomic E-state index is 13.3. The first kappa shape index (κ1) is 14.1. The van der Waals surface area contributed by atoms with Crippen molar-refractivity contribution in [3.8, 4) is 0 Å². The summed E-state index contributed by atoms with van der Waals surface area (Å²) in [7, 11) is 1.68. The van der Waals surface area contributed by atoms with Crippen LogP contribution in [-0.2, 0) is 9.53 Å². The SMILES string of the molecule is CNc1cc(F)ccc1/C(C=O)=C1/C=C(c2cc[nH]c2)CO1. The van der Waals surface area contributed by atoms with E-state index < -0.39 is 0 Å². The van der Waals surface area contributed by atoms with Crippen LogP contribution in [0.2, 0.25) is 0 Å². The molecule has 112 valence electrons. The number of halogens is 1. The van der Waals surface area contributed by atoms with Crippen LogP contribution in [0.3, 0.4) is 0 Å². The fraction of sp³-hybridized carbons (Fsp3) is 0.118. The second-order valence-electron chi connectivity index (χ2n) is 4.89. The lowest BCUT2D eigenvalue weighted by atomic mass is 10.0. The van der Waals surface area contributed by atoms with Gasteiger partial charge >= 0.3 is 0 Å². The van der Waals surface area contributed by atoms with E-state index in [2.05, 4.69) is 10.3 Å². The molecule has 0 atom stereocenters. The van der Waals surface area contributed by atoms with Crippen molar-refractivity contribution in [1.29, 1.82) is 0 Å². The van der Waals surface area contributed by atoms with E-state index >= 15 is 0 Å². The van der Waals surface area contributed by atoms with Crippen molar-refractivity contribution in [1.82, 2.24) is 4.98 Å². The van der Waals surface area contributed by atoms with E-state index in [1.54, 1.807) is 13.1 Å². The molecule has 2 N–H and O–H groups in total. The monoisotopic (exact) mass is 298 g/mol. The lowest BCUT2D eigenvalue weighted by Crippen LogP contribution is -1.99. The van der Waals surface area contributed by atoms with E-state index in [0.717, 1.165) is 17.4 Å². The number of ether oxygens (including phenoxy) is 1. The van der Waals surface area contributed by atoms with Gasteiger partial charge in [-0.1, -0.05) is 0 Å². The number of aldehydes is 1. The Morgan fingerprint density at radius 2 is 2.27 bits per heavy atom. The second-order valence-corrected chi connectivity index (χ2v) is 4.89. The predicted molar refractivity (Wildman–Crippen MR) is 83.7 cm³/mol. The van der Waals surface area contributed by atoms with E-state index in [1.165, 1.54) is 12.1 Å². The highest BCUT2D eigenvalue weighted by Gasteiger charge is 2.19. The van der Waals surface area contributed by atoms with E-state index in [-0.39, 0.29) is 5.82 Å². The van der Waals surface area contributed by atoms with Gasteiger partial charge in [-0.15, -0.1) is 0 Å². The van der Waals surface area contributed by atoms with Gasteiger partial charge in [0.05, 0.1) is 5.57 Å². The third-order valence-corrected chi connectivity index (χ3v) is 3.58. The summed E-state index contributed by atoms with van der Waals surface area (Å²) in [5.74, 6) is 0.133. The number of aromatic amines is 1. The fourth-order valence-electron chi connectivity index (χ4n) is 2.46. The average Bonchev–Trinajstić information content (AvgIpc) is 3.20. The van der Waals surface area contributed by atoms with Crippen molar-refractivity contribution < 1.29 is 13.9 Å². The largest absolute Gasteiger partial charge is 0.488 e. The Morgan fingerprint density at radius 1 is 1.41 bits per heavy atom. The number of nitrogens with one attached hydrogen (secondary N) is 2. The predicted octanol–water partition coefficient (Wildman–Crippen LogP) is 3.22. The first-order valence-electron chi connectivity index (χ1n) is 6.86. The lowest BCUT2D eigenvalue weighted by molar-refractivity contribution is -0.103. The van der Waals surface area contributed by atoms with E-state index in [4.69, 9.17) is 4.74 Å². The maximum Gasteiger partial charge on any atom is 0.154 e. The number of allylic oxidation sites excluding steroid dienone is 2. The zero-order chi connectivity index (χ0) is 15.5. The van der Waals surface area contributed by atoms with Crippen molar-refractivity contribution in [2.75, 3.05) is 19.0 Å². The molecule has 5 heteroatoms. The highest BCUT2D eigenvalue weighted by atomic mass is 19.1. The topological polar surface area (TPSA) is 54.1 Å². The molecule has 0 saturated carbocycles. The Balaban J connectivity index is 2.06. The van der Waals surface area contributed by atoms with Gasteiger partial charge in [0.1, 0.15) is 18.2 Å². The molecule has 1 aromatic carbocycles. The van der Waals surface area contributed by atoms with Crippen LogP contribution in [0.25, 0.3) is 11.1 Å². The van der Waals surface area contributed by atoms with Gasteiger partial charge in [-0.3, -0.25) is 4.79 Å². The van der Waals surface area contributed by atoms with Crippen LogP contribution in [0.15, 0.2) is 48.5 Å². The molecule has 22 heavy (non-hydrogen) atoms. The molecule has 1 aliphatic heterocycles. The number of aromatic nitrogens is 1. The summed E-state index contributed by atoms with van der Waals surface area (Å²) in [4.78, 5) is 14.5. The molecular weight excluding hydrogens is 283 g/mol. The fourth-order valence-corrected chi connectivity index (χ4v) is 2.46. The Bertz CT molecular complexity index is 761. The zero-order valence-electron chi connectivity index (χ0n) is 12.0. The van der Waals surface area contributed by atoms with Gasteiger partial charge in [-0.05, 0) is 35.9 Å².